The second-order valence-electron chi connectivity index (χ2n) is 39.5. The minimum Gasteiger partial charge on any atom is -0.469 e. The van der Waals surface area contributed by atoms with E-state index in [2.05, 4.69) is 436 Å². The molecule has 0 aromatic carbocycles. The van der Waals surface area contributed by atoms with Crippen LogP contribution in [0.2, 0.25) is 0 Å². The van der Waals surface area contributed by atoms with Gasteiger partial charge in [0.15, 0.2) is 5.89 Å². The van der Waals surface area contributed by atoms with Crippen LogP contribution in [0.15, 0.2) is 122 Å². The lowest BCUT2D eigenvalue weighted by Crippen LogP contribution is -2.05. The number of oxazole rings is 1. The van der Waals surface area contributed by atoms with Crippen LogP contribution in [0.1, 0.15) is 544 Å². The Balaban J connectivity index is 0.000000677. The van der Waals surface area contributed by atoms with E-state index in [1.807, 2.05) is 63.5 Å². The van der Waals surface area contributed by atoms with Crippen LogP contribution in [-0.2, 0) is 0 Å². The summed E-state index contributed by atoms with van der Waals surface area (Å²) in [6, 6.07) is 19.6. The lowest BCUT2D eigenvalue weighted by atomic mass is 10.0. The molecule has 0 spiro atoms. The van der Waals surface area contributed by atoms with Gasteiger partial charge in [0.25, 0.3) is 0 Å². The number of thiazole rings is 2. The van der Waals surface area contributed by atoms with E-state index in [4.69, 9.17) is 13.3 Å². The monoisotopic (exact) mass is 1770 g/mol. The van der Waals surface area contributed by atoms with Crippen molar-refractivity contribution >= 4 is 45.3 Å². The highest BCUT2D eigenvalue weighted by Gasteiger charge is 2.17. The van der Waals surface area contributed by atoms with Crippen LogP contribution in [0.5, 0.6) is 0 Å². The summed E-state index contributed by atoms with van der Waals surface area (Å²) in [5.74, 6) is 14.5. The lowest BCUT2D eigenvalue weighted by molar-refractivity contribution is 0.432. The second-order valence-corrected chi connectivity index (χ2v) is 43.5. The summed E-state index contributed by atoms with van der Waals surface area (Å²) in [5.41, 5.74) is 13.2. The van der Waals surface area contributed by atoms with E-state index < -0.39 is 0 Å². The first-order valence-electron chi connectivity index (χ1n) is 46.6. The summed E-state index contributed by atoms with van der Waals surface area (Å²) in [7, 11) is 0. The molecule has 11 heterocycles. The summed E-state index contributed by atoms with van der Waals surface area (Å²) in [5, 5.41) is 19.7. The van der Waals surface area contributed by atoms with E-state index in [1.165, 1.54) is 74.4 Å². The first-order chi connectivity index (χ1) is 57.0. The van der Waals surface area contributed by atoms with Gasteiger partial charge in [-0.25, -0.2) is 15.0 Å². The summed E-state index contributed by atoms with van der Waals surface area (Å²) in [4.78, 5) is 20.9. The van der Waals surface area contributed by atoms with Crippen LogP contribution in [0, 0.1) is 13.8 Å². The lowest BCUT2D eigenvalue weighted by Gasteiger charge is -2.14. The Bertz CT molecular complexity index is 3430. The number of thiophene rings is 2. The minimum atomic E-state index is 0.363. The van der Waals surface area contributed by atoms with Gasteiger partial charge in [-0.1, -0.05) is 249 Å². The molecular weight excluding hydrogens is 1590 g/mol. The van der Waals surface area contributed by atoms with Gasteiger partial charge in [-0.2, -0.15) is 20.1 Å². The van der Waals surface area contributed by atoms with Gasteiger partial charge in [-0.3, -0.25) is 4.68 Å². The fraction of sp³-hybridized carbons (Fsp3) is 0.642. The van der Waals surface area contributed by atoms with Crippen LogP contribution in [0.4, 0.5) is 0 Å². The van der Waals surface area contributed by atoms with Gasteiger partial charge in [0, 0.05) is 115 Å². The van der Waals surface area contributed by atoms with Crippen molar-refractivity contribution in [3.63, 3.8) is 0 Å². The van der Waals surface area contributed by atoms with Crippen molar-refractivity contribution in [1.82, 2.24) is 48.9 Å². The molecule has 11 aromatic heterocycles. The summed E-state index contributed by atoms with van der Waals surface area (Å²) >= 11 is 7.45. The Hall–Kier alpha value is -6.66. The summed E-state index contributed by atoms with van der Waals surface area (Å²) < 4.78 is 22.9. The van der Waals surface area contributed by atoms with Crippen LogP contribution in [0.3, 0.4) is 0 Å². The normalized spacial score (nSPS) is 11.5. The maximum atomic E-state index is 5.61. The molecular formula is C106H178N10O3S4. The third-order valence-electron chi connectivity index (χ3n) is 20.2. The average Bonchev–Trinajstić information content (AvgIpc) is 1.67. The first-order valence-corrected chi connectivity index (χ1v) is 50.0. The van der Waals surface area contributed by atoms with Crippen LogP contribution < -0.4 is 0 Å². The zero-order valence-corrected chi connectivity index (χ0v) is 89.7. The highest BCUT2D eigenvalue weighted by molar-refractivity contribution is 7.12. The van der Waals surface area contributed by atoms with E-state index in [0.717, 1.165) is 34.6 Å². The van der Waals surface area contributed by atoms with E-state index in [-0.39, 0.29) is 0 Å². The SMILES string of the molecule is CC(C)c1ccc(C(C)C)o1.CC(C)c1ccc(C(C)C)s1.CC(C)c1ccn(C(C)C)c1.CC(C)c1cnc(C(C)C)s1.CC(C)c1cnn(C(C)C)c1.CC(C)c1cnn(C(C)C)n1.CC(C)c1coc(C(C)C)c1.CC(C)c1coc(C(C)C)n1.CC(C)c1csc(C(C)C)c1.CC(C)c1csc(C(C)C)n1.Cc1cc(C(C)C)c(C)n1C(C)C. The number of nitrogens with zero attached hydrogens (tertiary/aromatic N) is 10. The maximum Gasteiger partial charge on any atom is 0.196 e. The molecule has 0 aliphatic carbocycles. The predicted molar refractivity (Wildman–Crippen MR) is 543 cm³/mol. The smallest absolute Gasteiger partial charge is 0.196 e. The van der Waals surface area contributed by atoms with Gasteiger partial charge in [0.2, 0.25) is 0 Å². The second kappa shape index (κ2) is 57.2. The molecule has 0 unspecified atom stereocenters. The van der Waals surface area contributed by atoms with Gasteiger partial charge in [0.05, 0.1) is 51.8 Å². The fourth-order valence-corrected chi connectivity index (χ4v) is 15.5. The highest BCUT2D eigenvalue weighted by Crippen LogP contribution is 2.33. The molecule has 0 saturated heterocycles. The zero-order valence-electron chi connectivity index (χ0n) is 86.4. The van der Waals surface area contributed by atoms with Crippen LogP contribution in [0.25, 0.3) is 0 Å². The van der Waals surface area contributed by atoms with Crippen molar-refractivity contribution in [1.29, 1.82) is 0 Å². The van der Waals surface area contributed by atoms with E-state index in [9.17, 15) is 0 Å². The highest BCUT2D eigenvalue weighted by atomic mass is 32.1. The Morgan fingerprint density at radius 1 is 0.325 bits per heavy atom. The van der Waals surface area contributed by atoms with Crippen molar-refractivity contribution in [2.24, 2.45) is 0 Å². The van der Waals surface area contributed by atoms with Crippen molar-refractivity contribution in [2.45, 2.75) is 449 Å². The molecule has 0 aliphatic rings. The van der Waals surface area contributed by atoms with Crippen LogP contribution in [-0.4, -0.2) is 48.9 Å². The molecule has 694 valence electrons. The molecule has 123 heavy (non-hydrogen) atoms. The predicted octanol–water partition coefficient (Wildman–Crippen LogP) is 36.3. The molecule has 11 rings (SSSR count). The number of hydrogen-bond acceptors (Lipinski definition) is 13. The Morgan fingerprint density at radius 2 is 0.829 bits per heavy atom. The van der Waals surface area contributed by atoms with Gasteiger partial charge in [-0.15, -0.1) is 45.3 Å². The number of rotatable bonds is 22. The third kappa shape index (κ3) is 42.2. The van der Waals surface area contributed by atoms with Gasteiger partial charge >= 0.3 is 0 Å². The van der Waals surface area contributed by atoms with Crippen molar-refractivity contribution in [3.8, 4) is 0 Å². The van der Waals surface area contributed by atoms with Crippen molar-refractivity contribution in [2.75, 3.05) is 0 Å². The van der Waals surface area contributed by atoms with Gasteiger partial charge < -0.3 is 22.4 Å². The zero-order chi connectivity index (χ0) is 94.5. The maximum absolute atomic E-state index is 5.61. The Labute approximate surface area is 769 Å². The number of hydrogen-bond donors (Lipinski definition) is 0. The molecule has 17 heteroatoms. The first kappa shape index (κ1) is 114. The topological polar surface area (TPSA) is 136 Å². The van der Waals surface area contributed by atoms with E-state index in [1.54, 1.807) is 22.4 Å². The Kier molecular flexibility index (Phi) is 53.2. The molecule has 0 radical (unpaired) electrons. The minimum absolute atomic E-state index is 0.363. The molecule has 0 fully saturated rings. The largest absolute Gasteiger partial charge is 0.469 e. The fourth-order valence-electron chi connectivity index (χ4n) is 11.4. The van der Waals surface area contributed by atoms with Crippen molar-refractivity contribution in [3.05, 3.63) is 218 Å². The number of furan rings is 2. The van der Waals surface area contributed by atoms with Crippen molar-refractivity contribution < 1.29 is 13.3 Å². The quantitative estimate of drug-likeness (QED) is 0.0649. The molecule has 0 amide bonds. The Morgan fingerprint density at radius 3 is 1.08 bits per heavy atom. The van der Waals surface area contributed by atoms with Gasteiger partial charge in [0.1, 0.15) is 23.5 Å². The number of aryl methyl sites for hydroxylation is 1. The molecule has 0 bridgehead atoms. The molecule has 13 nitrogen and oxygen atoms in total. The molecule has 0 N–H and O–H groups in total. The number of aromatic nitrogens is 10. The van der Waals surface area contributed by atoms with E-state index >= 15 is 0 Å². The summed E-state index contributed by atoms with van der Waals surface area (Å²) in [6.45, 7) is 100. The van der Waals surface area contributed by atoms with Crippen LogP contribution >= 0.6 is 45.3 Å². The molecule has 0 aliphatic heterocycles. The van der Waals surface area contributed by atoms with Gasteiger partial charge in [-0.05, 0) is 222 Å². The van der Waals surface area contributed by atoms with E-state index in [0.29, 0.717) is 131 Å². The molecule has 0 atom stereocenters. The molecule has 0 saturated carbocycles. The average molecular weight is 1770 g/mol. The molecule has 11 aromatic rings. The standard InChI is InChI=1S/C12H21N.C10H17N.2C10H16O.2C10H16S.C9H16N2.C9H15NO.2C9H15NS.C8H15N3/c1-8(2)12-7-10(5)13(9(3)4)11(12)6;1-8(2)10-5-6-11(7-10)9(3)4;1-7(2)9-5-10(8(3)4)11-6-9;1-7(2)9-5-6-10(11-9)8(3)4;1-7(2)9-5-10(8(3)4)11-6-9;1-7(2)9-5-6-10(11-9)8(3)4;1-7(2)9-5-10-11(6-9)8(3)4;2*1-6(2)8-5-11-9(10-8)7(3)4;1-6(2)8-5-10-9(11-8)7(3)4;1-6(2)8-5-9-11(10-8)7(3)4/h7-9H,1-6H3;5-9H,1-4H3;5*5-8H,1-4H3;4*5-7H,1-4H3. The third-order valence-corrected chi connectivity index (χ3v) is 25.9. The summed E-state index contributed by atoms with van der Waals surface area (Å²) in [6.07, 6.45) is 15.9.